The number of rotatable bonds is 5. The van der Waals surface area contributed by atoms with Crippen molar-refractivity contribution in [3.8, 4) is 23.3 Å². The van der Waals surface area contributed by atoms with E-state index < -0.39 is 6.61 Å². The third kappa shape index (κ3) is 4.33. The van der Waals surface area contributed by atoms with Gasteiger partial charge in [0.05, 0.1) is 34.6 Å². The van der Waals surface area contributed by atoms with Crippen LogP contribution in [0.4, 0.5) is 0 Å². The third-order valence-electron chi connectivity index (χ3n) is 6.41. The van der Waals surface area contributed by atoms with Crippen LogP contribution in [0.3, 0.4) is 0 Å². The monoisotopic (exact) mass is 497 g/mol. The van der Waals surface area contributed by atoms with Crippen LogP contribution < -0.4 is 0 Å². The van der Waals surface area contributed by atoms with Gasteiger partial charge in [0.1, 0.15) is 18.7 Å². The number of piperidine rings is 1. The predicted octanol–water partition coefficient (Wildman–Crippen LogP) is 3.56. The number of benzene rings is 1. The molecule has 1 atom stereocenters. The van der Waals surface area contributed by atoms with Crippen LogP contribution in [0.2, 0.25) is 0 Å². The number of amides is 1. The van der Waals surface area contributed by atoms with Crippen LogP contribution in [-0.4, -0.2) is 55.0 Å². The number of fused-ring (bicyclic) bond motifs is 1. The number of hydrogen-bond donors (Lipinski definition) is 1. The van der Waals surface area contributed by atoms with E-state index in [1.165, 1.54) is 11.8 Å². The summed E-state index contributed by atoms with van der Waals surface area (Å²) in [7, 11) is 0. The second kappa shape index (κ2) is 9.86. The molecule has 9 nitrogen and oxygen atoms in total. The Kier molecular flexibility index (Phi) is 6.47. The van der Waals surface area contributed by atoms with Crippen LogP contribution in [0.1, 0.15) is 35.7 Å². The van der Waals surface area contributed by atoms with Crippen molar-refractivity contribution in [3.05, 3.63) is 65.7 Å². The molecule has 1 saturated heterocycles. The Bertz CT molecular complexity index is 1540. The van der Waals surface area contributed by atoms with Gasteiger partial charge in [-0.3, -0.25) is 9.48 Å². The van der Waals surface area contributed by atoms with E-state index in [9.17, 15) is 20.4 Å². The van der Waals surface area contributed by atoms with Crippen LogP contribution in [-0.2, 0) is 4.79 Å². The molecule has 4 heterocycles. The molecular weight excluding hydrogens is 474 g/mol. The molecular formula is C26H23N7O2S. The van der Waals surface area contributed by atoms with Crippen molar-refractivity contribution in [2.24, 2.45) is 0 Å². The second-order valence-corrected chi connectivity index (χ2v) is 9.75. The first-order valence-electron chi connectivity index (χ1n) is 11.6. The Labute approximate surface area is 212 Å². The Morgan fingerprint density at radius 2 is 2.00 bits per heavy atom. The molecule has 1 aromatic carbocycles. The largest absolute Gasteiger partial charge is 0.387 e. The minimum Gasteiger partial charge on any atom is -0.387 e. The molecule has 4 aromatic rings. The fourth-order valence-corrected chi connectivity index (χ4v) is 5.70. The van der Waals surface area contributed by atoms with Crippen molar-refractivity contribution in [2.45, 2.75) is 35.6 Å². The lowest BCUT2D eigenvalue weighted by atomic mass is 10.1. The third-order valence-corrected chi connectivity index (χ3v) is 7.52. The van der Waals surface area contributed by atoms with Gasteiger partial charge in [0, 0.05) is 46.4 Å². The molecule has 0 radical (unpaired) electrons. The summed E-state index contributed by atoms with van der Waals surface area (Å²) in [5.41, 5.74) is 4.35. The minimum absolute atomic E-state index is 0.0247. The van der Waals surface area contributed by atoms with E-state index >= 15 is 0 Å². The van der Waals surface area contributed by atoms with Crippen molar-refractivity contribution in [3.63, 3.8) is 0 Å². The molecule has 5 rings (SSSR count). The van der Waals surface area contributed by atoms with Crippen molar-refractivity contribution in [1.82, 2.24) is 24.3 Å². The zero-order valence-corrected chi connectivity index (χ0v) is 20.4. The summed E-state index contributed by atoms with van der Waals surface area (Å²) in [5, 5.41) is 37.6. The van der Waals surface area contributed by atoms with Crippen LogP contribution in [0.25, 0.3) is 16.6 Å². The lowest BCUT2D eigenvalue weighted by molar-refractivity contribution is -0.135. The Balaban J connectivity index is 1.55. The summed E-state index contributed by atoms with van der Waals surface area (Å²) in [6.07, 6.45) is 7.16. The van der Waals surface area contributed by atoms with E-state index in [2.05, 4.69) is 17.2 Å². The molecule has 0 saturated carbocycles. The molecule has 1 N–H and O–H groups in total. The van der Waals surface area contributed by atoms with Gasteiger partial charge < -0.3 is 10.0 Å². The SMILES string of the molecule is Cc1nn([C@H]2CCCN(C(=O)CO)C2)cc1-c1cc(Sc2ccccc2C#N)c2c(C#N)cnn2c1. The van der Waals surface area contributed by atoms with Gasteiger partial charge in [-0.15, -0.1) is 0 Å². The van der Waals surface area contributed by atoms with E-state index in [-0.39, 0.29) is 11.9 Å². The summed E-state index contributed by atoms with van der Waals surface area (Å²) in [4.78, 5) is 15.3. The van der Waals surface area contributed by atoms with Crippen LogP contribution in [0.5, 0.6) is 0 Å². The van der Waals surface area contributed by atoms with Gasteiger partial charge in [0.25, 0.3) is 0 Å². The first-order valence-corrected chi connectivity index (χ1v) is 12.4. The summed E-state index contributed by atoms with van der Waals surface area (Å²) in [5.74, 6) is -0.263. The molecule has 0 unspecified atom stereocenters. The number of carbonyl (C=O) groups excluding carboxylic acids is 1. The maximum Gasteiger partial charge on any atom is 0.248 e. The number of carbonyl (C=O) groups is 1. The van der Waals surface area contributed by atoms with Crippen molar-refractivity contribution < 1.29 is 9.90 Å². The van der Waals surface area contributed by atoms with E-state index in [0.29, 0.717) is 29.7 Å². The fraction of sp³-hybridized carbons (Fsp3) is 0.269. The molecule has 0 spiro atoms. The zero-order chi connectivity index (χ0) is 25.2. The number of likely N-dealkylation sites (tertiary alicyclic amines) is 1. The smallest absolute Gasteiger partial charge is 0.248 e. The van der Waals surface area contributed by atoms with Gasteiger partial charge in [-0.2, -0.15) is 20.7 Å². The minimum atomic E-state index is -0.486. The maximum absolute atomic E-state index is 12.0. The van der Waals surface area contributed by atoms with Gasteiger partial charge in [-0.05, 0) is 38.0 Å². The molecule has 10 heteroatoms. The number of nitrogens with zero attached hydrogens (tertiary/aromatic N) is 7. The van der Waals surface area contributed by atoms with Gasteiger partial charge in [-0.1, -0.05) is 23.9 Å². The normalized spacial score (nSPS) is 15.6. The zero-order valence-electron chi connectivity index (χ0n) is 19.6. The van der Waals surface area contributed by atoms with Crippen LogP contribution >= 0.6 is 11.8 Å². The maximum atomic E-state index is 12.0. The van der Waals surface area contributed by atoms with Gasteiger partial charge >= 0.3 is 0 Å². The summed E-state index contributed by atoms with van der Waals surface area (Å²) in [6.45, 7) is 2.61. The summed E-state index contributed by atoms with van der Waals surface area (Å²) in [6, 6.07) is 13.8. The molecule has 1 fully saturated rings. The van der Waals surface area contributed by atoms with Crippen LogP contribution in [0, 0.1) is 29.6 Å². The molecule has 1 aliphatic heterocycles. The van der Waals surface area contributed by atoms with E-state index in [1.54, 1.807) is 21.7 Å². The lowest BCUT2D eigenvalue weighted by Crippen LogP contribution is -2.42. The van der Waals surface area contributed by atoms with Gasteiger partial charge in [-0.25, -0.2) is 4.52 Å². The number of aliphatic hydroxyl groups excluding tert-OH is 1. The Morgan fingerprint density at radius 1 is 1.19 bits per heavy atom. The number of hydrogen-bond acceptors (Lipinski definition) is 7. The number of aryl methyl sites for hydroxylation is 1. The number of nitriles is 2. The topological polar surface area (TPSA) is 123 Å². The number of aromatic nitrogens is 4. The van der Waals surface area contributed by atoms with E-state index in [4.69, 9.17) is 5.10 Å². The molecule has 180 valence electrons. The highest BCUT2D eigenvalue weighted by molar-refractivity contribution is 7.99. The van der Waals surface area contributed by atoms with Gasteiger partial charge in [0.15, 0.2) is 0 Å². The molecule has 36 heavy (non-hydrogen) atoms. The molecule has 0 aliphatic carbocycles. The second-order valence-electron chi connectivity index (χ2n) is 8.67. The number of pyridine rings is 1. The van der Waals surface area contributed by atoms with Crippen LogP contribution in [0.15, 0.2) is 58.7 Å². The highest BCUT2D eigenvalue weighted by Crippen LogP contribution is 2.38. The summed E-state index contributed by atoms with van der Waals surface area (Å²) >= 11 is 1.43. The van der Waals surface area contributed by atoms with E-state index in [1.807, 2.05) is 48.3 Å². The van der Waals surface area contributed by atoms with Crippen molar-refractivity contribution >= 4 is 23.2 Å². The predicted molar refractivity (Wildman–Crippen MR) is 133 cm³/mol. The van der Waals surface area contributed by atoms with Gasteiger partial charge in [0.2, 0.25) is 5.91 Å². The van der Waals surface area contributed by atoms with E-state index in [0.717, 1.165) is 39.5 Å². The lowest BCUT2D eigenvalue weighted by Gasteiger charge is -2.32. The number of aliphatic hydroxyl groups is 1. The average molecular weight is 498 g/mol. The van der Waals surface area contributed by atoms with Crippen molar-refractivity contribution in [1.29, 1.82) is 10.5 Å². The highest BCUT2D eigenvalue weighted by atomic mass is 32.2. The molecule has 3 aromatic heterocycles. The first kappa shape index (κ1) is 23.6. The standard InChI is InChI=1S/C26H23N7O2S/c1-17-22(15-32(30-17)21-6-4-8-31(14-21)25(35)16-34)19-9-24(26-20(11-28)12-29-33(26)13-19)36-23-7-3-2-5-18(23)10-27/h2-3,5,7,9,12-13,15,21,34H,4,6,8,14,16H2,1H3/t21-/m0/s1. The highest BCUT2D eigenvalue weighted by Gasteiger charge is 2.26. The van der Waals surface area contributed by atoms with Crippen molar-refractivity contribution in [2.75, 3.05) is 19.7 Å². The molecule has 1 aliphatic rings. The fourth-order valence-electron chi connectivity index (χ4n) is 4.61. The Hall–Kier alpha value is -4.12. The Morgan fingerprint density at radius 3 is 2.78 bits per heavy atom. The summed E-state index contributed by atoms with van der Waals surface area (Å²) < 4.78 is 3.61. The molecule has 0 bridgehead atoms. The quantitative estimate of drug-likeness (QED) is 0.447. The first-order chi connectivity index (χ1) is 17.5. The molecule has 1 amide bonds. The average Bonchev–Trinajstić information content (AvgIpc) is 3.52.